The maximum Gasteiger partial charge on any atom is 0.156 e. The molecular formula is C16H25Cl3N2O. The van der Waals surface area contributed by atoms with Crippen LogP contribution in [0.25, 0.3) is 0 Å². The Hall–Kier alpha value is -0.190. The van der Waals surface area contributed by atoms with Gasteiger partial charge in [-0.25, -0.2) is 0 Å². The van der Waals surface area contributed by atoms with Crippen LogP contribution in [0.5, 0.6) is 5.75 Å². The number of nitrogens with one attached hydrogen (secondary N) is 1. The second-order valence-electron chi connectivity index (χ2n) is 5.42. The van der Waals surface area contributed by atoms with Gasteiger partial charge in [0.2, 0.25) is 0 Å². The van der Waals surface area contributed by atoms with Gasteiger partial charge in [0.15, 0.2) is 5.75 Å². The summed E-state index contributed by atoms with van der Waals surface area (Å²) in [5, 5.41) is 4.57. The average molecular weight is 368 g/mol. The van der Waals surface area contributed by atoms with Gasteiger partial charge in [-0.05, 0) is 51.0 Å². The van der Waals surface area contributed by atoms with Gasteiger partial charge < -0.3 is 10.1 Å². The third-order valence-electron chi connectivity index (χ3n) is 3.88. The van der Waals surface area contributed by atoms with Gasteiger partial charge in [0.25, 0.3) is 0 Å². The summed E-state index contributed by atoms with van der Waals surface area (Å²) in [6, 6.07) is 6.10. The molecule has 0 radical (unpaired) electrons. The van der Waals surface area contributed by atoms with E-state index in [1.807, 2.05) is 6.07 Å². The largest absolute Gasteiger partial charge is 0.489 e. The van der Waals surface area contributed by atoms with Crippen LogP contribution in [-0.2, 0) is 0 Å². The molecule has 0 aromatic heterocycles. The molecule has 0 bridgehead atoms. The minimum atomic E-state index is 0. The van der Waals surface area contributed by atoms with Crippen molar-refractivity contribution in [2.45, 2.75) is 32.2 Å². The van der Waals surface area contributed by atoms with Crippen molar-refractivity contribution < 1.29 is 4.74 Å². The van der Waals surface area contributed by atoms with Crippen LogP contribution in [0.15, 0.2) is 18.2 Å². The fraction of sp³-hybridized carbons (Fsp3) is 0.625. The van der Waals surface area contributed by atoms with E-state index in [1.54, 1.807) is 12.1 Å². The third-order valence-corrected chi connectivity index (χ3v) is 4.47. The van der Waals surface area contributed by atoms with Crippen LogP contribution < -0.4 is 10.1 Å². The van der Waals surface area contributed by atoms with Gasteiger partial charge in [-0.2, -0.15) is 0 Å². The highest BCUT2D eigenvalue weighted by molar-refractivity contribution is 6.37. The fourth-order valence-electron chi connectivity index (χ4n) is 2.82. The number of ether oxygens (including phenoxy) is 1. The highest BCUT2D eigenvalue weighted by Gasteiger charge is 2.20. The zero-order valence-corrected chi connectivity index (χ0v) is 15.3. The van der Waals surface area contributed by atoms with Crippen molar-refractivity contribution in [3.05, 3.63) is 28.2 Å². The number of hydrogen-bond donors (Lipinski definition) is 1. The summed E-state index contributed by atoms with van der Waals surface area (Å²) < 4.78 is 5.81. The van der Waals surface area contributed by atoms with Gasteiger partial charge >= 0.3 is 0 Å². The SMILES string of the molecule is CCCN(CCOc1c(Cl)cccc1Cl)C1CCNCC1.Cl. The summed E-state index contributed by atoms with van der Waals surface area (Å²) in [5.74, 6) is 0.600. The van der Waals surface area contributed by atoms with E-state index in [0.717, 1.165) is 32.6 Å². The van der Waals surface area contributed by atoms with Crippen LogP contribution in [0.3, 0.4) is 0 Å². The predicted octanol–water partition coefficient (Wildman–Crippen LogP) is 4.26. The van der Waals surface area contributed by atoms with Gasteiger partial charge in [-0.15, -0.1) is 12.4 Å². The summed E-state index contributed by atoms with van der Waals surface area (Å²) in [5.41, 5.74) is 0. The maximum atomic E-state index is 6.12. The molecule has 0 saturated carbocycles. The number of para-hydroxylation sites is 1. The normalized spacial score (nSPS) is 15.6. The van der Waals surface area contributed by atoms with Crippen LogP contribution in [0, 0.1) is 0 Å². The van der Waals surface area contributed by atoms with Gasteiger partial charge in [0.05, 0.1) is 10.0 Å². The molecule has 1 aromatic carbocycles. The molecule has 0 unspecified atom stereocenters. The summed E-state index contributed by atoms with van der Waals surface area (Å²) in [6.45, 7) is 7.10. The number of rotatable bonds is 7. The molecule has 3 nitrogen and oxygen atoms in total. The van der Waals surface area contributed by atoms with Crippen LogP contribution in [0.4, 0.5) is 0 Å². The first-order valence-electron chi connectivity index (χ1n) is 7.74. The quantitative estimate of drug-likeness (QED) is 0.779. The number of hydrogen-bond acceptors (Lipinski definition) is 3. The smallest absolute Gasteiger partial charge is 0.156 e. The molecule has 22 heavy (non-hydrogen) atoms. The van der Waals surface area contributed by atoms with Crippen LogP contribution in [0.2, 0.25) is 10.0 Å². The monoisotopic (exact) mass is 366 g/mol. The number of piperidine rings is 1. The first kappa shape index (κ1) is 19.9. The number of halogens is 3. The standard InChI is InChI=1S/C16H24Cl2N2O.ClH/c1-2-10-20(13-6-8-19-9-7-13)11-12-21-16-14(17)4-3-5-15(16)18;/h3-5,13,19H,2,6-12H2,1H3;1H. The molecule has 1 aliphatic rings. The van der Waals surface area contributed by atoms with E-state index in [9.17, 15) is 0 Å². The van der Waals surface area contributed by atoms with Crippen LogP contribution in [-0.4, -0.2) is 43.7 Å². The Morgan fingerprint density at radius 2 is 1.82 bits per heavy atom. The molecule has 126 valence electrons. The van der Waals surface area contributed by atoms with Crippen LogP contribution in [0.1, 0.15) is 26.2 Å². The van der Waals surface area contributed by atoms with E-state index >= 15 is 0 Å². The summed E-state index contributed by atoms with van der Waals surface area (Å²) in [6.07, 6.45) is 3.59. The van der Waals surface area contributed by atoms with E-state index in [2.05, 4.69) is 17.1 Å². The molecule has 1 N–H and O–H groups in total. The lowest BCUT2D eigenvalue weighted by atomic mass is 10.0. The second-order valence-corrected chi connectivity index (χ2v) is 6.23. The summed E-state index contributed by atoms with van der Waals surface area (Å²) >= 11 is 12.2. The zero-order chi connectivity index (χ0) is 15.1. The number of benzene rings is 1. The number of nitrogens with zero attached hydrogens (tertiary/aromatic N) is 1. The molecule has 0 atom stereocenters. The maximum absolute atomic E-state index is 6.12. The lowest BCUT2D eigenvalue weighted by molar-refractivity contribution is 0.135. The Balaban J connectivity index is 0.00000242. The van der Waals surface area contributed by atoms with E-state index in [4.69, 9.17) is 27.9 Å². The van der Waals surface area contributed by atoms with Crippen molar-refractivity contribution in [1.82, 2.24) is 10.2 Å². The van der Waals surface area contributed by atoms with Crippen molar-refractivity contribution in [1.29, 1.82) is 0 Å². The minimum Gasteiger partial charge on any atom is -0.489 e. The molecule has 1 saturated heterocycles. The molecule has 0 spiro atoms. The molecule has 0 amide bonds. The molecule has 6 heteroatoms. The van der Waals surface area contributed by atoms with E-state index in [-0.39, 0.29) is 12.4 Å². The van der Waals surface area contributed by atoms with E-state index < -0.39 is 0 Å². The first-order valence-corrected chi connectivity index (χ1v) is 8.49. The van der Waals surface area contributed by atoms with Crippen molar-refractivity contribution in [3.8, 4) is 5.75 Å². The van der Waals surface area contributed by atoms with E-state index in [0.29, 0.717) is 28.4 Å². The van der Waals surface area contributed by atoms with Gasteiger partial charge in [-0.1, -0.05) is 36.2 Å². The van der Waals surface area contributed by atoms with E-state index in [1.165, 1.54) is 12.8 Å². The highest BCUT2D eigenvalue weighted by atomic mass is 35.5. The van der Waals surface area contributed by atoms with Gasteiger partial charge in [0.1, 0.15) is 6.61 Å². The lowest BCUT2D eigenvalue weighted by Crippen LogP contribution is -2.45. The highest BCUT2D eigenvalue weighted by Crippen LogP contribution is 2.32. The van der Waals surface area contributed by atoms with Crippen molar-refractivity contribution in [3.63, 3.8) is 0 Å². The van der Waals surface area contributed by atoms with Crippen molar-refractivity contribution in [2.24, 2.45) is 0 Å². The second kappa shape index (κ2) is 10.6. The topological polar surface area (TPSA) is 24.5 Å². The molecular weight excluding hydrogens is 343 g/mol. The van der Waals surface area contributed by atoms with Crippen molar-refractivity contribution >= 4 is 35.6 Å². The molecule has 1 fully saturated rings. The minimum absolute atomic E-state index is 0. The molecule has 2 rings (SSSR count). The lowest BCUT2D eigenvalue weighted by Gasteiger charge is -2.34. The Morgan fingerprint density at radius 1 is 1.18 bits per heavy atom. The molecule has 1 heterocycles. The zero-order valence-electron chi connectivity index (χ0n) is 13.0. The predicted molar refractivity (Wildman–Crippen MR) is 97.0 cm³/mol. The van der Waals surface area contributed by atoms with Gasteiger partial charge in [-0.3, -0.25) is 4.90 Å². The molecule has 1 aromatic rings. The Kier molecular flexibility index (Phi) is 9.53. The summed E-state index contributed by atoms with van der Waals surface area (Å²) in [4.78, 5) is 2.53. The molecule has 0 aliphatic carbocycles. The van der Waals surface area contributed by atoms with Gasteiger partial charge in [0, 0.05) is 12.6 Å². The summed E-state index contributed by atoms with van der Waals surface area (Å²) in [7, 11) is 0. The van der Waals surface area contributed by atoms with Crippen LogP contribution >= 0.6 is 35.6 Å². The van der Waals surface area contributed by atoms with Crippen molar-refractivity contribution in [2.75, 3.05) is 32.8 Å². The Morgan fingerprint density at radius 3 is 2.41 bits per heavy atom. The Bertz CT molecular complexity index is 419. The molecule has 1 aliphatic heterocycles. The first-order chi connectivity index (χ1) is 10.2. The average Bonchev–Trinajstić information content (AvgIpc) is 2.50. The Labute approximate surface area is 149 Å². The fourth-order valence-corrected chi connectivity index (χ4v) is 3.33. The third kappa shape index (κ3) is 5.78.